The van der Waals surface area contributed by atoms with Gasteiger partial charge < -0.3 is 14.5 Å². The van der Waals surface area contributed by atoms with Crippen LogP contribution in [0.1, 0.15) is 59.9 Å². The van der Waals surface area contributed by atoms with E-state index in [1.165, 1.54) is 24.5 Å². The number of pyridine rings is 2. The Kier molecular flexibility index (Phi) is 9.49. The van der Waals surface area contributed by atoms with Crippen LogP contribution in [0.5, 0.6) is 0 Å². The molecule has 0 radical (unpaired) electrons. The van der Waals surface area contributed by atoms with Gasteiger partial charge in [-0.15, -0.1) is 0 Å². The van der Waals surface area contributed by atoms with Crippen LogP contribution in [-0.4, -0.2) is 57.3 Å². The van der Waals surface area contributed by atoms with Gasteiger partial charge in [-0.25, -0.2) is 14.8 Å². The molecule has 0 unspecified atom stereocenters. The average Bonchev–Trinajstić information content (AvgIpc) is 3.21. The Labute approximate surface area is 258 Å². The Morgan fingerprint density at radius 1 is 0.878 bits per heavy atom. The third kappa shape index (κ3) is 7.49. The minimum absolute atomic E-state index is 0.126. The SMILES string of the molecule is CC(C)(C)OC(=O)N1CCC2(CC1)CN(C(=O)c1ccnc(Cl)c1)c1ccc(Cl)cc12.O=C(Cl)c1ccnc(Cl)c1. The molecule has 1 spiro atoms. The molecule has 3 aromatic rings. The van der Waals surface area contributed by atoms with Gasteiger partial charge in [0.15, 0.2) is 0 Å². The first kappa shape index (κ1) is 31.0. The van der Waals surface area contributed by atoms with Gasteiger partial charge in [0.25, 0.3) is 11.1 Å². The Hall–Kier alpha value is -2.91. The van der Waals surface area contributed by atoms with Gasteiger partial charge >= 0.3 is 6.09 Å². The number of halogens is 4. The van der Waals surface area contributed by atoms with Gasteiger partial charge in [-0.3, -0.25) is 9.59 Å². The van der Waals surface area contributed by atoms with Crippen molar-refractivity contribution in [3.8, 4) is 0 Å². The Morgan fingerprint density at radius 3 is 2.00 bits per heavy atom. The van der Waals surface area contributed by atoms with Gasteiger partial charge in [0, 0.05) is 59.3 Å². The van der Waals surface area contributed by atoms with Crippen molar-refractivity contribution >= 4 is 69.3 Å². The Morgan fingerprint density at radius 2 is 1.46 bits per heavy atom. The summed E-state index contributed by atoms with van der Waals surface area (Å²) in [6, 6.07) is 11.8. The quantitative estimate of drug-likeness (QED) is 0.214. The first-order chi connectivity index (χ1) is 19.3. The van der Waals surface area contributed by atoms with Gasteiger partial charge in [-0.05, 0) is 93.2 Å². The molecule has 0 N–H and O–H groups in total. The Balaban J connectivity index is 0.000000328. The van der Waals surface area contributed by atoms with Crippen molar-refractivity contribution < 1.29 is 19.1 Å². The van der Waals surface area contributed by atoms with Crippen LogP contribution in [0.2, 0.25) is 15.3 Å². The van der Waals surface area contributed by atoms with Crippen molar-refractivity contribution in [2.75, 3.05) is 24.5 Å². The molecule has 216 valence electrons. The molecule has 8 nitrogen and oxygen atoms in total. The number of likely N-dealkylation sites (tertiary alicyclic amines) is 1. The van der Waals surface area contributed by atoms with E-state index in [9.17, 15) is 14.4 Å². The molecule has 41 heavy (non-hydrogen) atoms. The summed E-state index contributed by atoms with van der Waals surface area (Å²) in [4.78, 5) is 47.5. The van der Waals surface area contributed by atoms with Crippen LogP contribution in [0.3, 0.4) is 0 Å². The lowest BCUT2D eigenvalue weighted by Gasteiger charge is -2.40. The molecule has 12 heteroatoms. The molecular weight excluding hydrogens is 610 g/mol. The molecule has 1 aromatic carbocycles. The average molecular weight is 638 g/mol. The number of ether oxygens (including phenoxy) is 1. The topological polar surface area (TPSA) is 92.7 Å². The van der Waals surface area contributed by atoms with Crippen molar-refractivity contribution in [3.63, 3.8) is 0 Å². The summed E-state index contributed by atoms with van der Waals surface area (Å²) < 4.78 is 5.53. The van der Waals surface area contributed by atoms with Crippen LogP contribution < -0.4 is 4.90 Å². The molecule has 2 amide bonds. The molecule has 1 fully saturated rings. The van der Waals surface area contributed by atoms with Crippen LogP contribution in [0, 0.1) is 0 Å². The van der Waals surface area contributed by atoms with E-state index in [1.54, 1.807) is 28.0 Å². The van der Waals surface area contributed by atoms with Crippen LogP contribution in [-0.2, 0) is 10.2 Å². The number of hydrogen-bond acceptors (Lipinski definition) is 6. The third-order valence-corrected chi connectivity index (χ3v) is 7.69. The van der Waals surface area contributed by atoms with E-state index < -0.39 is 10.8 Å². The standard InChI is InChI=1S/C23H25Cl2N3O3.C6H3Cl2NO/c1-22(2,3)31-21(30)27-10-7-23(8-11-27)14-28(18-5-4-16(24)13-17(18)23)20(29)15-6-9-26-19(25)12-15;7-5-3-4(6(8)10)1-2-9-5/h4-6,9,12-13H,7-8,10-11,14H2,1-3H3;1-3H. The summed E-state index contributed by atoms with van der Waals surface area (Å²) >= 11 is 22.9. The zero-order valence-corrected chi connectivity index (χ0v) is 25.7. The highest BCUT2D eigenvalue weighted by molar-refractivity contribution is 6.67. The van der Waals surface area contributed by atoms with Gasteiger partial charge in [0.1, 0.15) is 15.9 Å². The van der Waals surface area contributed by atoms with Crippen molar-refractivity contribution in [1.82, 2.24) is 14.9 Å². The number of carbonyl (C=O) groups is 3. The number of carbonyl (C=O) groups excluding carboxylic acids is 3. The zero-order valence-electron chi connectivity index (χ0n) is 22.7. The van der Waals surface area contributed by atoms with Crippen LogP contribution in [0.15, 0.2) is 54.9 Å². The lowest BCUT2D eigenvalue weighted by atomic mass is 9.74. The second-order valence-corrected chi connectivity index (χ2v) is 12.4. The molecule has 0 atom stereocenters. The van der Waals surface area contributed by atoms with E-state index in [4.69, 9.17) is 51.1 Å². The predicted molar refractivity (Wildman–Crippen MR) is 161 cm³/mol. The number of rotatable bonds is 2. The molecule has 2 aliphatic rings. The van der Waals surface area contributed by atoms with E-state index in [0.717, 1.165) is 24.1 Å². The maximum Gasteiger partial charge on any atom is 0.410 e. The summed E-state index contributed by atoms with van der Waals surface area (Å²) in [5, 5.41) is 0.659. The van der Waals surface area contributed by atoms with Crippen LogP contribution >= 0.6 is 46.4 Å². The smallest absolute Gasteiger partial charge is 0.410 e. The predicted octanol–water partition coefficient (Wildman–Crippen LogP) is 7.43. The third-order valence-electron chi connectivity index (χ3n) is 6.83. The zero-order chi connectivity index (χ0) is 29.9. The molecule has 0 saturated carbocycles. The largest absolute Gasteiger partial charge is 0.444 e. The summed E-state index contributed by atoms with van der Waals surface area (Å²) in [5.41, 5.74) is 1.97. The van der Waals surface area contributed by atoms with Gasteiger partial charge in [0.05, 0.1) is 0 Å². The van der Waals surface area contributed by atoms with Gasteiger partial charge in [-0.1, -0.05) is 34.8 Å². The number of aromatic nitrogens is 2. The minimum Gasteiger partial charge on any atom is -0.444 e. The lowest BCUT2D eigenvalue weighted by molar-refractivity contribution is 0.0169. The molecule has 2 aliphatic heterocycles. The second kappa shape index (κ2) is 12.5. The first-order valence-corrected chi connectivity index (χ1v) is 14.3. The minimum atomic E-state index is -0.533. The monoisotopic (exact) mass is 636 g/mol. The van der Waals surface area contributed by atoms with Gasteiger partial charge in [-0.2, -0.15) is 0 Å². The summed E-state index contributed by atoms with van der Waals surface area (Å²) in [6.45, 7) is 7.23. The number of piperidine rings is 1. The normalized spacial score (nSPS) is 15.6. The maximum atomic E-state index is 13.3. The number of benzene rings is 1. The first-order valence-electron chi connectivity index (χ1n) is 12.8. The molecule has 0 aliphatic carbocycles. The van der Waals surface area contributed by atoms with Crippen LogP contribution in [0.4, 0.5) is 10.5 Å². The molecule has 1 saturated heterocycles. The number of anilines is 1. The summed E-state index contributed by atoms with van der Waals surface area (Å²) in [6.07, 6.45) is 4.11. The molecule has 4 heterocycles. The molecule has 0 bridgehead atoms. The number of nitrogens with zero attached hydrogens (tertiary/aromatic N) is 4. The highest BCUT2D eigenvalue weighted by Crippen LogP contribution is 2.48. The van der Waals surface area contributed by atoms with E-state index in [0.29, 0.717) is 35.8 Å². The molecular formula is C29H28Cl4N4O4. The highest BCUT2D eigenvalue weighted by Gasteiger charge is 2.47. The fourth-order valence-electron chi connectivity index (χ4n) is 4.91. The van der Waals surface area contributed by atoms with Gasteiger partial charge in [0.2, 0.25) is 0 Å². The molecule has 5 rings (SSSR count). The fraction of sp³-hybridized carbons (Fsp3) is 0.345. The number of amides is 2. The summed E-state index contributed by atoms with van der Waals surface area (Å²) in [5.74, 6) is -0.126. The van der Waals surface area contributed by atoms with E-state index in [-0.39, 0.29) is 27.7 Å². The highest BCUT2D eigenvalue weighted by atomic mass is 35.5. The van der Waals surface area contributed by atoms with Crippen molar-refractivity contribution in [3.05, 3.63) is 86.9 Å². The number of fused-ring (bicyclic) bond motifs is 2. The second-order valence-electron chi connectivity index (χ2n) is 10.8. The Bertz CT molecular complexity index is 1470. The van der Waals surface area contributed by atoms with Crippen molar-refractivity contribution in [2.24, 2.45) is 0 Å². The van der Waals surface area contributed by atoms with E-state index in [2.05, 4.69) is 9.97 Å². The molecule has 2 aromatic heterocycles. The van der Waals surface area contributed by atoms with Crippen LogP contribution in [0.25, 0.3) is 0 Å². The number of hydrogen-bond donors (Lipinski definition) is 0. The van der Waals surface area contributed by atoms with E-state index in [1.807, 2.05) is 32.9 Å². The van der Waals surface area contributed by atoms with E-state index >= 15 is 0 Å². The maximum absolute atomic E-state index is 13.3. The lowest BCUT2D eigenvalue weighted by Crippen LogP contribution is -2.49. The summed E-state index contributed by atoms with van der Waals surface area (Å²) in [7, 11) is 0. The van der Waals surface area contributed by atoms with Crippen molar-refractivity contribution in [1.29, 1.82) is 0 Å². The van der Waals surface area contributed by atoms with Crippen molar-refractivity contribution in [2.45, 2.75) is 44.6 Å². The fourth-order valence-corrected chi connectivity index (χ4v) is 5.55.